The minimum atomic E-state index is -1.42. The quantitative estimate of drug-likeness (QED) is 0.619. The van der Waals surface area contributed by atoms with Crippen LogP contribution in [0.3, 0.4) is 0 Å². The van der Waals surface area contributed by atoms with Crippen LogP contribution in [0.1, 0.15) is 10.4 Å². The van der Waals surface area contributed by atoms with Crippen molar-refractivity contribution in [3.8, 4) is 5.75 Å². The first kappa shape index (κ1) is 13.3. The van der Waals surface area contributed by atoms with Gasteiger partial charge in [-0.3, -0.25) is 4.79 Å². The summed E-state index contributed by atoms with van der Waals surface area (Å²) in [5, 5.41) is 28.7. The fourth-order valence-electron chi connectivity index (χ4n) is 1.11. The molecule has 0 spiro atoms. The first-order chi connectivity index (χ1) is 7.95. The maximum atomic E-state index is 11.6. The van der Waals surface area contributed by atoms with Crippen molar-refractivity contribution >= 4 is 23.5 Å². The number of hydrogen-bond donors (Lipinski definition) is 4. The lowest BCUT2D eigenvalue weighted by atomic mass is 10.2. The second-order valence-electron chi connectivity index (χ2n) is 3.21. The van der Waals surface area contributed by atoms with E-state index < -0.39 is 24.5 Å². The van der Waals surface area contributed by atoms with E-state index in [0.717, 1.165) is 6.07 Å². The average molecular weight is 260 g/mol. The summed E-state index contributed by atoms with van der Waals surface area (Å²) in [5.41, 5.74) is -0.0635. The van der Waals surface area contributed by atoms with Crippen molar-refractivity contribution in [1.82, 2.24) is 5.32 Å². The fourth-order valence-corrected chi connectivity index (χ4v) is 1.31. The number of phenolic OH excluding ortho intramolecular Hbond substituents is 1. The molecule has 0 bridgehead atoms. The normalized spacial score (nSPS) is 11.9. The van der Waals surface area contributed by atoms with Crippen LogP contribution in [-0.2, 0) is 4.79 Å². The maximum absolute atomic E-state index is 11.6. The number of aliphatic carboxylic acids is 1. The molecular weight excluding hydrogens is 250 g/mol. The highest BCUT2D eigenvalue weighted by Crippen LogP contribution is 2.20. The average Bonchev–Trinajstić information content (AvgIpc) is 2.28. The van der Waals surface area contributed by atoms with Gasteiger partial charge in [0.05, 0.1) is 17.2 Å². The molecule has 0 aliphatic heterocycles. The van der Waals surface area contributed by atoms with E-state index in [2.05, 4.69) is 5.32 Å². The van der Waals surface area contributed by atoms with Crippen molar-refractivity contribution in [1.29, 1.82) is 0 Å². The van der Waals surface area contributed by atoms with E-state index in [1.54, 1.807) is 0 Å². The van der Waals surface area contributed by atoms with E-state index in [0.29, 0.717) is 0 Å². The number of amides is 1. The predicted molar refractivity (Wildman–Crippen MR) is 59.1 cm³/mol. The molecule has 0 saturated carbocycles. The van der Waals surface area contributed by atoms with Gasteiger partial charge in [-0.05, 0) is 18.2 Å². The van der Waals surface area contributed by atoms with Gasteiger partial charge in [0.15, 0.2) is 6.04 Å². The van der Waals surface area contributed by atoms with E-state index >= 15 is 0 Å². The molecule has 7 heteroatoms. The van der Waals surface area contributed by atoms with Gasteiger partial charge in [-0.25, -0.2) is 4.79 Å². The monoisotopic (exact) mass is 259 g/mol. The van der Waals surface area contributed by atoms with Crippen LogP contribution in [0.4, 0.5) is 0 Å². The molecule has 0 aromatic heterocycles. The van der Waals surface area contributed by atoms with Gasteiger partial charge in [-0.1, -0.05) is 11.6 Å². The Labute approximate surface area is 101 Å². The second-order valence-corrected chi connectivity index (χ2v) is 3.62. The summed E-state index contributed by atoms with van der Waals surface area (Å²) in [7, 11) is 0. The van der Waals surface area contributed by atoms with Gasteiger partial charge in [0.1, 0.15) is 5.75 Å². The molecule has 1 aromatic rings. The van der Waals surface area contributed by atoms with Crippen LogP contribution < -0.4 is 5.32 Å². The highest BCUT2D eigenvalue weighted by Gasteiger charge is 2.21. The van der Waals surface area contributed by atoms with Crippen LogP contribution in [0, 0.1) is 0 Å². The summed E-state index contributed by atoms with van der Waals surface area (Å²) in [6, 6.07) is 2.29. The molecule has 6 nitrogen and oxygen atoms in total. The van der Waals surface area contributed by atoms with Gasteiger partial charge in [-0.2, -0.15) is 0 Å². The number of carboxylic acids is 1. The number of rotatable bonds is 4. The number of carboxylic acid groups (broad SMARTS) is 1. The lowest BCUT2D eigenvalue weighted by Gasteiger charge is -2.12. The highest BCUT2D eigenvalue weighted by molar-refractivity contribution is 6.33. The molecule has 4 N–H and O–H groups in total. The summed E-state index contributed by atoms with van der Waals surface area (Å²) in [5.74, 6) is -2.32. The molecule has 1 amide bonds. The minimum absolute atomic E-state index is 0.0635. The lowest BCUT2D eigenvalue weighted by Crippen LogP contribution is -2.43. The Bertz CT molecular complexity index is 448. The van der Waals surface area contributed by atoms with E-state index in [-0.39, 0.29) is 16.3 Å². The second kappa shape index (κ2) is 5.51. The number of carbonyl (C=O) groups is 2. The fraction of sp³-hybridized carbons (Fsp3) is 0.200. The number of halogens is 1. The van der Waals surface area contributed by atoms with Crippen molar-refractivity contribution in [2.45, 2.75) is 6.04 Å². The number of hydrogen-bond acceptors (Lipinski definition) is 4. The van der Waals surface area contributed by atoms with Gasteiger partial charge in [0, 0.05) is 0 Å². The molecule has 0 saturated heterocycles. The Morgan fingerprint density at radius 2 is 2.06 bits per heavy atom. The lowest BCUT2D eigenvalue weighted by molar-refractivity contribution is -0.140. The Balaban J connectivity index is 2.89. The molecule has 1 unspecified atom stereocenters. The van der Waals surface area contributed by atoms with Crippen molar-refractivity contribution in [2.24, 2.45) is 0 Å². The molecule has 0 fully saturated rings. The third-order valence-corrected chi connectivity index (χ3v) is 2.31. The Hall–Kier alpha value is -1.79. The summed E-state index contributed by atoms with van der Waals surface area (Å²) in [6.45, 7) is -0.739. The third kappa shape index (κ3) is 3.33. The zero-order chi connectivity index (χ0) is 13.0. The predicted octanol–water partition coefficient (Wildman–Crippen LogP) is 0.221. The first-order valence-electron chi connectivity index (χ1n) is 4.58. The molecule has 0 radical (unpaired) electrons. The Kier molecular flexibility index (Phi) is 4.30. The number of aliphatic hydroxyl groups is 1. The van der Waals surface area contributed by atoms with Crippen LogP contribution in [-0.4, -0.2) is 39.8 Å². The minimum Gasteiger partial charge on any atom is -0.508 e. The maximum Gasteiger partial charge on any atom is 0.328 e. The molecule has 0 aliphatic carbocycles. The van der Waals surface area contributed by atoms with E-state index in [1.165, 1.54) is 12.1 Å². The topological polar surface area (TPSA) is 107 Å². The van der Waals surface area contributed by atoms with Crippen molar-refractivity contribution in [3.05, 3.63) is 28.8 Å². The van der Waals surface area contributed by atoms with Gasteiger partial charge in [-0.15, -0.1) is 0 Å². The van der Waals surface area contributed by atoms with Crippen LogP contribution in [0.15, 0.2) is 18.2 Å². The van der Waals surface area contributed by atoms with Crippen LogP contribution in [0.5, 0.6) is 5.75 Å². The molecule has 17 heavy (non-hydrogen) atoms. The zero-order valence-corrected chi connectivity index (χ0v) is 9.31. The smallest absolute Gasteiger partial charge is 0.328 e. The zero-order valence-electron chi connectivity index (χ0n) is 8.55. The highest BCUT2D eigenvalue weighted by atomic mass is 35.5. The van der Waals surface area contributed by atoms with E-state index in [1.807, 2.05) is 0 Å². The molecular formula is C10H10ClNO5. The summed E-state index contributed by atoms with van der Waals surface area (Å²) < 4.78 is 0. The molecule has 0 heterocycles. The third-order valence-electron chi connectivity index (χ3n) is 1.98. The Morgan fingerprint density at radius 1 is 1.41 bits per heavy atom. The molecule has 1 rings (SSSR count). The van der Waals surface area contributed by atoms with Crippen molar-refractivity contribution in [2.75, 3.05) is 6.61 Å². The summed E-state index contributed by atoms with van der Waals surface area (Å²) in [6.07, 6.45) is 0. The first-order valence-corrected chi connectivity index (χ1v) is 4.96. The van der Waals surface area contributed by atoms with Gasteiger partial charge in [0.2, 0.25) is 0 Å². The SMILES string of the molecule is O=C(NC(CO)C(=O)O)c1cc(O)ccc1Cl. The number of carbonyl (C=O) groups excluding carboxylic acids is 1. The largest absolute Gasteiger partial charge is 0.508 e. The standard InChI is InChI=1S/C10H10ClNO5/c11-7-2-1-5(14)3-6(7)9(15)12-8(4-13)10(16)17/h1-3,8,13-14H,4H2,(H,12,15)(H,16,17). The molecule has 0 aliphatic rings. The number of aromatic hydroxyl groups is 1. The molecule has 1 aromatic carbocycles. The molecule has 1 atom stereocenters. The van der Waals surface area contributed by atoms with Gasteiger partial charge >= 0.3 is 5.97 Å². The molecule has 92 valence electrons. The number of aliphatic hydroxyl groups excluding tert-OH is 1. The van der Waals surface area contributed by atoms with Gasteiger partial charge in [0.25, 0.3) is 5.91 Å². The van der Waals surface area contributed by atoms with E-state index in [9.17, 15) is 14.7 Å². The van der Waals surface area contributed by atoms with Crippen LogP contribution in [0.25, 0.3) is 0 Å². The van der Waals surface area contributed by atoms with Crippen molar-refractivity contribution < 1.29 is 24.9 Å². The van der Waals surface area contributed by atoms with Gasteiger partial charge < -0.3 is 20.6 Å². The van der Waals surface area contributed by atoms with Crippen LogP contribution in [0.2, 0.25) is 5.02 Å². The number of nitrogens with one attached hydrogen (secondary N) is 1. The summed E-state index contributed by atoms with van der Waals surface area (Å²) >= 11 is 5.72. The summed E-state index contributed by atoms with van der Waals surface area (Å²) in [4.78, 5) is 22.2. The number of phenols is 1. The number of benzene rings is 1. The van der Waals surface area contributed by atoms with Crippen molar-refractivity contribution in [3.63, 3.8) is 0 Å². The van der Waals surface area contributed by atoms with E-state index in [4.69, 9.17) is 21.8 Å². The van der Waals surface area contributed by atoms with Crippen LogP contribution >= 0.6 is 11.6 Å². The Morgan fingerprint density at radius 3 is 2.59 bits per heavy atom.